The quantitative estimate of drug-likeness (QED) is 0.877. The van der Waals surface area contributed by atoms with E-state index in [9.17, 15) is 5.11 Å². The summed E-state index contributed by atoms with van der Waals surface area (Å²) in [6, 6.07) is 0.348. The summed E-state index contributed by atoms with van der Waals surface area (Å²) in [5.41, 5.74) is 1.22. The fourth-order valence-corrected chi connectivity index (χ4v) is 3.41. The van der Waals surface area contributed by atoms with Crippen LogP contribution >= 0.6 is 0 Å². The second-order valence-corrected chi connectivity index (χ2v) is 5.77. The first-order chi connectivity index (χ1) is 9.25. The summed E-state index contributed by atoms with van der Waals surface area (Å²) in [7, 11) is 2.03. The highest BCUT2D eigenvalue weighted by atomic mass is 16.5. The van der Waals surface area contributed by atoms with Crippen molar-refractivity contribution in [3.05, 3.63) is 18.2 Å². The number of aliphatic hydroxyl groups excluding tert-OH is 1. The summed E-state index contributed by atoms with van der Waals surface area (Å²) >= 11 is 0. The molecule has 5 heteroatoms. The highest BCUT2D eigenvalue weighted by Gasteiger charge is 2.37. The van der Waals surface area contributed by atoms with Gasteiger partial charge in [0.05, 0.1) is 31.3 Å². The van der Waals surface area contributed by atoms with Gasteiger partial charge in [-0.25, -0.2) is 4.98 Å². The van der Waals surface area contributed by atoms with Crippen LogP contribution in [0, 0.1) is 5.92 Å². The van der Waals surface area contributed by atoms with E-state index < -0.39 is 0 Å². The maximum absolute atomic E-state index is 10.1. The molecule has 1 saturated carbocycles. The van der Waals surface area contributed by atoms with Crippen molar-refractivity contribution in [3.8, 4) is 0 Å². The molecule has 1 aliphatic heterocycles. The van der Waals surface area contributed by atoms with E-state index in [1.807, 2.05) is 19.6 Å². The Hall–Kier alpha value is -0.910. The van der Waals surface area contributed by atoms with Crippen LogP contribution < -0.4 is 0 Å². The summed E-state index contributed by atoms with van der Waals surface area (Å²) < 4.78 is 7.71. The number of aryl methyl sites for hydroxylation is 1. The number of aliphatic hydroxyl groups is 1. The predicted octanol–water partition coefficient (Wildman–Crippen LogP) is 0.782. The van der Waals surface area contributed by atoms with E-state index in [4.69, 9.17) is 4.74 Å². The lowest BCUT2D eigenvalue weighted by atomic mass is 9.94. The predicted molar refractivity (Wildman–Crippen MR) is 71.6 cm³/mol. The van der Waals surface area contributed by atoms with Crippen LogP contribution in [0.2, 0.25) is 0 Å². The van der Waals surface area contributed by atoms with Crippen molar-refractivity contribution in [1.29, 1.82) is 0 Å². The monoisotopic (exact) mass is 265 g/mol. The van der Waals surface area contributed by atoms with Crippen LogP contribution in [0.3, 0.4) is 0 Å². The van der Waals surface area contributed by atoms with Gasteiger partial charge in [0, 0.05) is 38.3 Å². The van der Waals surface area contributed by atoms with E-state index in [2.05, 4.69) is 14.5 Å². The van der Waals surface area contributed by atoms with Crippen molar-refractivity contribution < 1.29 is 9.84 Å². The minimum atomic E-state index is -0.152. The van der Waals surface area contributed by atoms with Crippen LogP contribution in [-0.4, -0.2) is 51.5 Å². The molecule has 2 fully saturated rings. The van der Waals surface area contributed by atoms with Gasteiger partial charge in [-0.05, 0) is 12.8 Å². The van der Waals surface area contributed by atoms with Gasteiger partial charge in [0.25, 0.3) is 0 Å². The summed E-state index contributed by atoms with van der Waals surface area (Å²) in [5, 5.41) is 10.1. The van der Waals surface area contributed by atoms with Gasteiger partial charge in [0.15, 0.2) is 0 Å². The Bertz CT molecular complexity index is 421. The van der Waals surface area contributed by atoms with E-state index in [-0.39, 0.29) is 6.10 Å². The van der Waals surface area contributed by atoms with E-state index in [1.54, 1.807) is 0 Å². The lowest BCUT2D eigenvalue weighted by molar-refractivity contribution is -0.0543. The zero-order chi connectivity index (χ0) is 13.2. The molecule has 5 nitrogen and oxygen atoms in total. The number of ether oxygens (including phenoxy) is 1. The molecule has 2 heterocycles. The van der Waals surface area contributed by atoms with Crippen LogP contribution in [0.15, 0.2) is 12.5 Å². The smallest absolute Gasteiger partial charge is 0.0945 e. The van der Waals surface area contributed by atoms with Crippen LogP contribution in [0.1, 0.15) is 25.0 Å². The standard InChI is InChI=1S/C14H23N3O2/c1-16-10-15-7-11(16)8-17-5-6-19-9-13(17)12-3-2-4-14(12)18/h7,10,12-14,18H,2-6,8-9H2,1H3/t12-,13+,14-/m0/s1. The number of imidazole rings is 1. The third-order valence-corrected chi connectivity index (χ3v) is 4.59. The normalized spacial score (nSPS) is 32.8. The first kappa shape index (κ1) is 13.1. The van der Waals surface area contributed by atoms with Crippen LogP contribution in [0.5, 0.6) is 0 Å². The maximum Gasteiger partial charge on any atom is 0.0945 e. The number of morpholine rings is 1. The molecule has 3 rings (SSSR count). The molecule has 0 bridgehead atoms. The molecule has 3 atom stereocenters. The SMILES string of the molecule is Cn1cncc1CN1CCOC[C@@H]1[C@@H]1CCC[C@@H]1O. The van der Waals surface area contributed by atoms with Crippen molar-refractivity contribution in [2.45, 2.75) is 38.0 Å². The second-order valence-electron chi connectivity index (χ2n) is 5.77. The van der Waals surface area contributed by atoms with Crippen LogP contribution in [0.25, 0.3) is 0 Å². The Kier molecular flexibility index (Phi) is 3.86. The first-order valence-electron chi connectivity index (χ1n) is 7.21. The molecule has 106 valence electrons. The first-order valence-corrected chi connectivity index (χ1v) is 7.21. The summed E-state index contributed by atoms with van der Waals surface area (Å²) in [4.78, 5) is 6.64. The fraction of sp³-hybridized carbons (Fsp3) is 0.786. The Morgan fingerprint density at radius 1 is 1.47 bits per heavy atom. The minimum Gasteiger partial charge on any atom is -0.393 e. The van der Waals surface area contributed by atoms with Gasteiger partial charge >= 0.3 is 0 Å². The molecule has 1 aliphatic carbocycles. The molecule has 1 N–H and O–H groups in total. The topological polar surface area (TPSA) is 50.5 Å². The zero-order valence-corrected chi connectivity index (χ0v) is 11.5. The number of hydrogen-bond acceptors (Lipinski definition) is 4. The number of nitrogens with zero attached hydrogens (tertiary/aromatic N) is 3. The largest absolute Gasteiger partial charge is 0.393 e. The molecule has 0 spiro atoms. The van der Waals surface area contributed by atoms with E-state index in [1.165, 1.54) is 5.69 Å². The summed E-state index contributed by atoms with van der Waals surface area (Å²) in [6.07, 6.45) is 6.83. The summed E-state index contributed by atoms with van der Waals surface area (Å²) in [6.45, 7) is 3.38. The number of aromatic nitrogens is 2. The Morgan fingerprint density at radius 3 is 3.05 bits per heavy atom. The van der Waals surface area contributed by atoms with E-state index >= 15 is 0 Å². The molecule has 1 aromatic heterocycles. The number of hydrogen-bond donors (Lipinski definition) is 1. The molecule has 0 radical (unpaired) electrons. The van der Waals surface area contributed by atoms with Gasteiger partial charge in [-0.15, -0.1) is 0 Å². The molecule has 19 heavy (non-hydrogen) atoms. The minimum absolute atomic E-state index is 0.152. The maximum atomic E-state index is 10.1. The lowest BCUT2D eigenvalue weighted by Crippen LogP contribution is -2.50. The average Bonchev–Trinajstić information content (AvgIpc) is 3.00. The third kappa shape index (κ3) is 2.68. The molecule has 2 aliphatic rings. The molecule has 0 unspecified atom stereocenters. The van der Waals surface area contributed by atoms with Crippen LogP contribution in [0.4, 0.5) is 0 Å². The van der Waals surface area contributed by atoms with Gasteiger partial charge in [0.1, 0.15) is 0 Å². The third-order valence-electron chi connectivity index (χ3n) is 4.59. The van der Waals surface area contributed by atoms with Gasteiger partial charge in [-0.1, -0.05) is 6.42 Å². The van der Waals surface area contributed by atoms with Gasteiger partial charge in [-0.2, -0.15) is 0 Å². The Balaban J connectivity index is 1.72. The molecular weight excluding hydrogens is 242 g/mol. The molecular formula is C14H23N3O2. The Labute approximate surface area is 114 Å². The molecule has 0 amide bonds. The van der Waals surface area contributed by atoms with Crippen LogP contribution in [-0.2, 0) is 18.3 Å². The lowest BCUT2D eigenvalue weighted by Gasteiger charge is -2.40. The fourth-order valence-electron chi connectivity index (χ4n) is 3.41. The Morgan fingerprint density at radius 2 is 2.37 bits per heavy atom. The van der Waals surface area contributed by atoms with E-state index in [0.29, 0.717) is 12.0 Å². The van der Waals surface area contributed by atoms with Crippen molar-refractivity contribution >= 4 is 0 Å². The second kappa shape index (κ2) is 5.61. The zero-order valence-electron chi connectivity index (χ0n) is 11.5. The number of rotatable bonds is 3. The molecule has 0 aromatic carbocycles. The van der Waals surface area contributed by atoms with Crippen molar-refractivity contribution in [1.82, 2.24) is 14.5 Å². The van der Waals surface area contributed by atoms with Gasteiger partial charge in [0.2, 0.25) is 0 Å². The van der Waals surface area contributed by atoms with Gasteiger partial charge < -0.3 is 14.4 Å². The van der Waals surface area contributed by atoms with Crippen molar-refractivity contribution in [2.75, 3.05) is 19.8 Å². The van der Waals surface area contributed by atoms with Crippen molar-refractivity contribution in [2.24, 2.45) is 13.0 Å². The highest BCUT2D eigenvalue weighted by molar-refractivity contribution is 5.00. The van der Waals surface area contributed by atoms with Crippen molar-refractivity contribution in [3.63, 3.8) is 0 Å². The molecule has 1 saturated heterocycles. The average molecular weight is 265 g/mol. The van der Waals surface area contributed by atoms with Gasteiger partial charge in [-0.3, -0.25) is 4.90 Å². The highest BCUT2D eigenvalue weighted by Crippen LogP contribution is 2.32. The summed E-state index contributed by atoms with van der Waals surface area (Å²) in [5.74, 6) is 0.369. The molecule has 1 aromatic rings. The van der Waals surface area contributed by atoms with E-state index in [0.717, 1.165) is 45.6 Å².